The van der Waals surface area contributed by atoms with E-state index in [4.69, 9.17) is 10.00 Å². The van der Waals surface area contributed by atoms with Crippen molar-refractivity contribution in [2.45, 2.75) is 5.75 Å². The molecule has 0 aliphatic rings. The third kappa shape index (κ3) is 3.94. The summed E-state index contributed by atoms with van der Waals surface area (Å²) >= 11 is 1.45. The van der Waals surface area contributed by atoms with E-state index in [1.165, 1.54) is 17.4 Å². The number of benzene rings is 1. The van der Waals surface area contributed by atoms with Gasteiger partial charge in [-0.25, -0.2) is 8.42 Å². The molecule has 2 aromatic rings. The highest BCUT2D eigenvalue weighted by Crippen LogP contribution is 2.20. The number of rotatable bonds is 5. The maximum absolute atomic E-state index is 12.3. The van der Waals surface area contributed by atoms with Crippen molar-refractivity contribution in [3.63, 3.8) is 0 Å². The molecule has 0 fully saturated rings. The normalized spacial score (nSPS) is 11.9. The van der Waals surface area contributed by atoms with Crippen molar-refractivity contribution < 1.29 is 13.2 Å². The van der Waals surface area contributed by atoms with Crippen LogP contribution in [-0.2, 0) is 15.6 Å². The van der Waals surface area contributed by atoms with Crippen molar-refractivity contribution in [3.05, 3.63) is 57.1 Å². The van der Waals surface area contributed by atoms with Crippen LogP contribution in [0.2, 0.25) is 0 Å². The van der Waals surface area contributed by atoms with Gasteiger partial charge in [-0.3, -0.25) is 0 Å². The summed E-state index contributed by atoms with van der Waals surface area (Å²) in [7, 11) is -2.11. The van der Waals surface area contributed by atoms with Gasteiger partial charge in [-0.05, 0) is 46.2 Å². The lowest BCUT2D eigenvalue weighted by atomic mass is 10.2. The van der Waals surface area contributed by atoms with Gasteiger partial charge in [-0.1, -0.05) is 12.1 Å². The molecule has 0 saturated heterocycles. The Hall–Kier alpha value is -2.10. The van der Waals surface area contributed by atoms with Crippen LogP contribution in [0, 0.1) is 11.3 Å². The van der Waals surface area contributed by atoms with Crippen LogP contribution in [0.3, 0.4) is 0 Å². The number of sulfone groups is 1. The van der Waals surface area contributed by atoms with Crippen LogP contribution in [0.15, 0.2) is 46.0 Å². The summed E-state index contributed by atoms with van der Waals surface area (Å²) in [5, 5.41) is 12.7. The molecule has 1 aromatic heterocycles. The predicted octanol–water partition coefficient (Wildman–Crippen LogP) is 3.24. The van der Waals surface area contributed by atoms with Crippen LogP contribution in [0.1, 0.15) is 11.1 Å². The number of nitrogens with zero attached hydrogens (tertiary/aromatic N) is 1. The molecule has 0 aliphatic carbocycles. The fraction of sp³-hybridized carbons (Fsp3) is 0.133. The highest BCUT2D eigenvalue weighted by Gasteiger charge is 2.18. The van der Waals surface area contributed by atoms with E-state index in [9.17, 15) is 8.42 Å². The summed E-state index contributed by atoms with van der Waals surface area (Å²) < 4.78 is 29.6. The molecule has 0 saturated carbocycles. The van der Waals surface area contributed by atoms with E-state index in [2.05, 4.69) is 0 Å². The Bertz CT molecular complexity index is 767. The lowest BCUT2D eigenvalue weighted by Gasteiger charge is -2.04. The second kappa shape index (κ2) is 6.57. The third-order valence-corrected chi connectivity index (χ3v) is 5.10. The zero-order valence-corrected chi connectivity index (χ0v) is 12.9. The standard InChI is InChI=1S/C15H13NO3S2/c1-19-14-4-2-12(3-5-14)11-21(17,18)15(9-16)8-13-6-7-20-10-13/h2-8,10H,11H2,1H3/b15-8+. The molecule has 0 aliphatic heterocycles. The smallest absolute Gasteiger partial charge is 0.192 e. The zero-order valence-electron chi connectivity index (χ0n) is 11.3. The van der Waals surface area contributed by atoms with Gasteiger partial charge in [0.2, 0.25) is 0 Å². The van der Waals surface area contributed by atoms with Gasteiger partial charge in [0.25, 0.3) is 0 Å². The first-order valence-electron chi connectivity index (χ1n) is 6.05. The van der Waals surface area contributed by atoms with E-state index in [0.29, 0.717) is 11.3 Å². The third-order valence-electron chi connectivity index (χ3n) is 2.80. The van der Waals surface area contributed by atoms with Crippen LogP contribution in [0.5, 0.6) is 5.75 Å². The van der Waals surface area contributed by atoms with Gasteiger partial charge in [0, 0.05) is 0 Å². The number of allylic oxidation sites excluding steroid dienone is 1. The Morgan fingerprint density at radius 1 is 1.33 bits per heavy atom. The zero-order chi connectivity index (χ0) is 15.3. The number of nitriles is 1. The lowest BCUT2D eigenvalue weighted by molar-refractivity contribution is 0.414. The highest BCUT2D eigenvalue weighted by atomic mass is 32.2. The molecule has 1 aromatic carbocycles. The molecule has 0 unspecified atom stereocenters. The summed E-state index contributed by atoms with van der Waals surface area (Å²) in [6.07, 6.45) is 1.40. The average Bonchev–Trinajstić information content (AvgIpc) is 2.98. The molecular formula is C15H13NO3S2. The van der Waals surface area contributed by atoms with Crippen molar-refractivity contribution >= 4 is 27.3 Å². The van der Waals surface area contributed by atoms with Gasteiger partial charge in [0.1, 0.15) is 16.7 Å². The molecule has 0 amide bonds. The summed E-state index contributed by atoms with van der Waals surface area (Å²) in [4.78, 5) is -0.225. The number of thiophene rings is 1. The van der Waals surface area contributed by atoms with E-state index in [1.807, 2.05) is 5.38 Å². The lowest BCUT2D eigenvalue weighted by Crippen LogP contribution is -2.06. The molecule has 4 nitrogen and oxygen atoms in total. The molecular weight excluding hydrogens is 306 g/mol. The first-order chi connectivity index (χ1) is 10.0. The average molecular weight is 319 g/mol. The first-order valence-corrected chi connectivity index (χ1v) is 8.64. The number of methoxy groups -OCH3 is 1. The minimum absolute atomic E-state index is 0.208. The van der Waals surface area contributed by atoms with E-state index in [1.54, 1.807) is 48.9 Å². The van der Waals surface area contributed by atoms with Crippen molar-refractivity contribution in [2.24, 2.45) is 0 Å². The van der Waals surface area contributed by atoms with Gasteiger partial charge in [-0.15, -0.1) is 0 Å². The first kappa shape index (κ1) is 15.3. The number of ether oxygens (including phenoxy) is 1. The van der Waals surface area contributed by atoms with Gasteiger partial charge >= 0.3 is 0 Å². The van der Waals surface area contributed by atoms with E-state index < -0.39 is 9.84 Å². The fourth-order valence-electron chi connectivity index (χ4n) is 1.72. The molecule has 0 spiro atoms. The molecule has 6 heteroatoms. The minimum Gasteiger partial charge on any atom is -0.497 e. The van der Waals surface area contributed by atoms with Crippen LogP contribution in [0.4, 0.5) is 0 Å². The molecule has 21 heavy (non-hydrogen) atoms. The monoisotopic (exact) mass is 319 g/mol. The molecule has 1 heterocycles. The molecule has 0 atom stereocenters. The Morgan fingerprint density at radius 3 is 2.57 bits per heavy atom. The number of hydrogen-bond acceptors (Lipinski definition) is 5. The summed E-state index contributed by atoms with van der Waals surface area (Å²) in [5.74, 6) is 0.450. The fourth-order valence-corrected chi connectivity index (χ4v) is 3.58. The van der Waals surface area contributed by atoms with Crippen LogP contribution in [0.25, 0.3) is 6.08 Å². The van der Waals surface area contributed by atoms with Gasteiger partial charge in [0.15, 0.2) is 9.84 Å². The molecule has 0 radical (unpaired) electrons. The minimum atomic E-state index is -3.66. The topological polar surface area (TPSA) is 67.2 Å². The number of hydrogen-bond donors (Lipinski definition) is 0. The molecule has 108 valence electrons. The predicted molar refractivity (Wildman–Crippen MR) is 83.5 cm³/mol. The molecule has 0 bridgehead atoms. The Morgan fingerprint density at radius 2 is 2.05 bits per heavy atom. The summed E-state index contributed by atoms with van der Waals surface area (Å²) in [6, 6.07) is 10.3. The van der Waals surface area contributed by atoms with E-state index >= 15 is 0 Å². The van der Waals surface area contributed by atoms with Crippen LogP contribution < -0.4 is 4.74 Å². The quantitative estimate of drug-likeness (QED) is 0.794. The Kier molecular flexibility index (Phi) is 4.78. The van der Waals surface area contributed by atoms with Crippen molar-refractivity contribution in [1.82, 2.24) is 0 Å². The molecule has 0 N–H and O–H groups in total. The second-order valence-electron chi connectivity index (χ2n) is 4.28. The molecule has 2 rings (SSSR count). The van der Waals surface area contributed by atoms with Gasteiger partial charge < -0.3 is 4.74 Å². The van der Waals surface area contributed by atoms with Gasteiger partial charge in [0.05, 0.1) is 12.9 Å². The maximum Gasteiger partial charge on any atom is 0.192 e. The highest BCUT2D eigenvalue weighted by molar-refractivity contribution is 7.95. The Labute approximate surface area is 127 Å². The van der Waals surface area contributed by atoms with Crippen molar-refractivity contribution in [2.75, 3.05) is 7.11 Å². The summed E-state index contributed by atoms with van der Waals surface area (Å²) in [5.41, 5.74) is 1.33. The van der Waals surface area contributed by atoms with E-state index in [-0.39, 0.29) is 10.7 Å². The Balaban J connectivity index is 2.26. The van der Waals surface area contributed by atoms with Crippen molar-refractivity contribution in [1.29, 1.82) is 5.26 Å². The van der Waals surface area contributed by atoms with Crippen LogP contribution in [-0.4, -0.2) is 15.5 Å². The maximum atomic E-state index is 12.3. The van der Waals surface area contributed by atoms with Crippen LogP contribution >= 0.6 is 11.3 Å². The SMILES string of the molecule is COc1ccc(CS(=O)(=O)/C(C#N)=C/c2ccsc2)cc1. The van der Waals surface area contributed by atoms with Gasteiger partial charge in [-0.2, -0.15) is 16.6 Å². The van der Waals surface area contributed by atoms with Crippen molar-refractivity contribution in [3.8, 4) is 11.8 Å². The van der Waals surface area contributed by atoms with E-state index in [0.717, 1.165) is 5.56 Å². The second-order valence-corrected chi connectivity index (χ2v) is 7.02. The summed E-state index contributed by atoms with van der Waals surface area (Å²) in [6.45, 7) is 0. The largest absolute Gasteiger partial charge is 0.497 e.